The lowest BCUT2D eigenvalue weighted by Crippen LogP contribution is -2.49. The van der Waals surface area contributed by atoms with Crippen molar-refractivity contribution in [1.82, 2.24) is 20.0 Å². The smallest absolute Gasteiger partial charge is 0.272 e. The van der Waals surface area contributed by atoms with Gasteiger partial charge in [-0.1, -0.05) is 5.16 Å². The van der Waals surface area contributed by atoms with Crippen LogP contribution in [0.3, 0.4) is 0 Å². The van der Waals surface area contributed by atoms with E-state index in [1.165, 1.54) is 18.5 Å². The van der Waals surface area contributed by atoms with Crippen molar-refractivity contribution >= 4 is 23.2 Å². The van der Waals surface area contributed by atoms with Crippen LogP contribution in [-0.2, 0) is 0 Å². The first-order valence-corrected chi connectivity index (χ1v) is 8.91. The molecule has 1 N–H and O–H groups in total. The molecule has 0 bridgehead atoms. The largest absolute Gasteiger partial charge is 0.368 e. The van der Waals surface area contributed by atoms with E-state index in [9.17, 15) is 9.18 Å². The molecular weight excluding hydrogens is 363 g/mol. The first-order chi connectivity index (χ1) is 13.6. The molecule has 8 nitrogen and oxygen atoms in total. The Morgan fingerprint density at radius 1 is 1.07 bits per heavy atom. The molecule has 0 radical (unpaired) electrons. The third kappa shape index (κ3) is 3.93. The molecule has 9 heteroatoms. The summed E-state index contributed by atoms with van der Waals surface area (Å²) in [6.45, 7) is 4.26. The maximum absolute atomic E-state index is 13.1. The van der Waals surface area contributed by atoms with Crippen LogP contribution in [0.4, 0.5) is 21.7 Å². The Bertz CT molecular complexity index is 967. The number of aryl methyl sites for hydroxylation is 1. The SMILES string of the molecule is Cc1cc(Nc2cc(C(=O)N3CCN(c4ccc(F)cc4)CC3)ncn2)no1. The summed E-state index contributed by atoms with van der Waals surface area (Å²) in [5.41, 5.74) is 1.26. The summed E-state index contributed by atoms with van der Waals surface area (Å²) in [5, 5.41) is 6.84. The average Bonchev–Trinajstić information content (AvgIpc) is 3.13. The van der Waals surface area contributed by atoms with Gasteiger partial charge in [-0.2, -0.15) is 0 Å². The quantitative estimate of drug-likeness (QED) is 0.742. The van der Waals surface area contributed by atoms with Crippen molar-refractivity contribution in [3.05, 3.63) is 60.0 Å². The van der Waals surface area contributed by atoms with Gasteiger partial charge < -0.3 is 19.6 Å². The van der Waals surface area contributed by atoms with Crippen LogP contribution < -0.4 is 10.2 Å². The van der Waals surface area contributed by atoms with E-state index in [-0.39, 0.29) is 11.7 Å². The highest BCUT2D eigenvalue weighted by Crippen LogP contribution is 2.19. The van der Waals surface area contributed by atoms with Crippen molar-refractivity contribution in [3.8, 4) is 0 Å². The van der Waals surface area contributed by atoms with Crippen LogP contribution in [0, 0.1) is 12.7 Å². The van der Waals surface area contributed by atoms with Gasteiger partial charge in [0.15, 0.2) is 5.82 Å². The summed E-state index contributed by atoms with van der Waals surface area (Å²) in [4.78, 5) is 24.9. The van der Waals surface area contributed by atoms with E-state index in [1.54, 1.807) is 36.1 Å². The number of benzene rings is 1. The average molecular weight is 382 g/mol. The normalized spacial score (nSPS) is 14.2. The van der Waals surface area contributed by atoms with Gasteiger partial charge in [0, 0.05) is 44.0 Å². The van der Waals surface area contributed by atoms with Gasteiger partial charge in [-0.05, 0) is 31.2 Å². The molecule has 1 aliphatic rings. The monoisotopic (exact) mass is 382 g/mol. The number of amides is 1. The van der Waals surface area contributed by atoms with E-state index in [0.29, 0.717) is 49.3 Å². The van der Waals surface area contributed by atoms with Gasteiger partial charge in [0.05, 0.1) is 0 Å². The molecule has 1 aliphatic heterocycles. The Morgan fingerprint density at radius 3 is 2.50 bits per heavy atom. The van der Waals surface area contributed by atoms with Gasteiger partial charge in [0.25, 0.3) is 5.91 Å². The highest BCUT2D eigenvalue weighted by molar-refractivity contribution is 5.93. The maximum atomic E-state index is 13.1. The van der Waals surface area contributed by atoms with E-state index < -0.39 is 0 Å². The lowest BCUT2D eigenvalue weighted by molar-refractivity contribution is 0.0740. The number of anilines is 3. The summed E-state index contributed by atoms with van der Waals surface area (Å²) < 4.78 is 18.1. The van der Waals surface area contributed by atoms with Gasteiger partial charge >= 0.3 is 0 Å². The van der Waals surface area contributed by atoms with E-state index in [1.807, 2.05) is 0 Å². The molecule has 1 aromatic carbocycles. The van der Waals surface area contributed by atoms with Gasteiger partial charge in [-0.15, -0.1) is 0 Å². The second-order valence-electron chi connectivity index (χ2n) is 6.49. The van der Waals surface area contributed by atoms with Crippen molar-refractivity contribution in [2.75, 3.05) is 36.4 Å². The number of hydrogen-bond donors (Lipinski definition) is 1. The second-order valence-corrected chi connectivity index (χ2v) is 6.49. The summed E-state index contributed by atoms with van der Waals surface area (Å²) in [6.07, 6.45) is 1.34. The zero-order chi connectivity index (χ0) is 19.5. The molecular formula is C19H19FN6O2. The molecule has 1 amide bonds. The van der Waals surface area contributed by atoms with Crippen molar-refractivity contribution < 1.29 is 13.7 Å². The Hall–Kier alpha value is -3.49. The predicted molar refractivity (Wildman–Crippen MR) is 101 cm³/mol. The fourth-order valence-corrected chi connectivity index (χ4v) is 3.08. The zero-order valence-corrected chi connectivity index (χ0v) is 15.3. The Labute approximate surface area is 161 Å². The van der Waals surface area contributed by atoms with E-state index >= 15 is 0 Å². The van der Waals surface area contributed by atoms with Gasteiger partial charge in [0.1, 0.15) is 29.4 Å². The summed E-state index contributed by atoms with van der Waals surface area (Å²) in [7, 11) is 0. The third-order valence-electron chi connectivity index (χ3n) is 4.53. The highest BCUT2D eigenvalue weighted by Gasteiger charge is 2.23. The predicted octanol–water partition coefficient (Wildman–Crippen LogP) is 2.62. The third-order valence-corrected chi connectivity index (χ3v) is 4.53. The Kier molecular flexibility index (Phi) is 4.88. The first-order valence-electron chi connectivity index (χ1n) is 8.91. The molecule has 3 aromatic rings. The Morgan fingerprint density at radius 2 is 1.82 bits per heavy atom. The van der Waals surface area contributed by atoms with Gasteiger partial charge in [0.2, 0.25) is 0 Å². The van der Waals surface area contributed by atoms with E-state index in [2.05, 4.69) is 25.3 Å². The number of nitrogens with zero attached hydrogens (tertiary/aromatic N) is 5. The molecule has 3 heterocycles. The minimum atomic E-state index is -0.258. The summed E-state index contributed by atoms with van der Waals surface area (Å²) >= 11 is 0. The van der Waals surface area contributed by atoms with Crippen LogP contribution in [0.1, 0.15) is 16.2 Å². The molecule has 0 unspecified atom stereocenters. The number of hydrogen-bond acceptors (Lipinski definition) is 7. The van der Waals surface area contributed by atoms with Crippen LogP contribution in [0.25, 0.3) is 0 Å². The van der Waals surface area contributed by atoms with Crippen LogP contribution in [0.5, 0.6) is 0 Å². The minimum Gasteiger partial charge on any atom is -0.368 e. The summed E-state index contributed by atoms with van der Waals surface area (Å²) in [5.74, 6) is 1.25. The molecule has 0 aliphatic carbocycles. The minimum absolute atomic E-state index is 0.152. The van der Waals surface area contributed by atoms with E-state index in [4.69, 9.17) is 4.52 Å². The molecule has 4 rings (SSSR count). The van der Waals surface area contributed by atoms with Gasteiger partial charge in [-0.25, -0.2) is 14.4 Å². The van der Waals surface area contributed by atoms with Crippen LogP contribution in [-0.4, -0.2) is 52.1 Å². The number of carbonyl (C=O) groups excluding carboxylic acids is 1. The van der Waals surface area contributed by atoms with Crippen molar-refractivity contribution in [2.24, 2.45) is 0 Å². The number of aromatic nitrogens is 3. The molecule has 2 aromatic heterocycles. The molecule has 1 fully saturated rings. The van der Waals surface area contributed by atoms with E-state index in [0.717, 1.165) is 5.69 Å². The highest BCUT2D eigenvalue weighted by atomic mass is 19.1. The number of nitrogens with one attached hydrogen (secondary N) is 1. The van der Waals surface area contributed by atoms with Crippen molar-refractivity contribution in [1.29, 1.82) is 0 Å². The number of rotatable bonds is 4. The molecule has 28 heavy (non-hydrogen) atoms. The fourth-order valence-electron chi connectivity index (χ4n) is 3.08. The lowest BCUT2D eigenvalue weighted by atomic mass is 10.2. The summed E-state index contributed by atoms with van der Waals surface area (Å²) in [6, 6.07) is 9.72. The molecule has 1 saturated heterocycles. The number of piperazine rings is 1. The van der Waals surface area contributed by atoms with Crippen molar-refractivity contribution in [3.63, 3.8) is 0 Å². The fraction of sp³-hybridized carbons (Fsp3) is 0.263. The maximum Gasteiger partial charge on any atom is 0.272 e. The van der Waals surface area contributed by atoms with Crippen LogP contribution in [0.2, 0.25) is 0 Å². The topological polar surface area (TPSA) is 87.4 Å². The standard InChI is InChI=1S/C19H19FN6O2/c1-13-10-18(24-28-13)23-17-11-16(21-12-22-17)19(27)26-8-6-25(7-9-26)15-4-2-14(20)3-5-15/h2-5,10-12H,6-9H2,1H3,(H,21,22,23,24). The lowest BCUT2D eigenvalue weighted by Gasteiger charge is -2.36. The molecule has 0 spiro atoms. The first kappa shape index (κ1) is 17.9. The van der Waals surface area contributed by atoms with Gasteiger partial charge in [-0.3, -0.25) is 4.79 Å². The molecule has 0 atom stereocenters. The van der Waals surface area contributed by atoms with Crippen LogP contribution in [0.15, 0.2) is 47.2 Å². The number of halogens is 1. The van der Waals surface area contributed by atoms with Crippen molar-refractivity contribution in [2.45, 2.75) is 6.92 Å². The second kappa shape index (κ2) is 7.63. The zero-order valence-electron chi connectivity index (χ0n) is 15.3. The Balaban J connectivity index is 1.39. The molecule has 144 valence electrons. The van der Waals surface area contributed by atoms with Crippen LogP contribution >= 0.6 is 0 Å². The number of carbonyl (C=O) groups is 1. The molecule has 0 saturated carbocycles.